The smallest absolute Gasteiger partial charge is 0.325 e. The van der Waals surface area contributed by atoms with Crippen molar-refractivity contribution in [3.63, 3.8) is 0 Å². The molecule has 0 aliphatic carbocycles. The van der Waals surface area contributed by atoms with Gasteiger partial charge in [-0.25, -0.2) is 0 Å². The van der Waals surface area contributed by atoms with Crippen LogP contribution >= 0.6 is 11.6 Å². The molecule has 21 heavy (non-hydrogen) atoms. The average molecular weight is 313 g/mol. The van der Waals surface area contributed by atoms with Crippen LogP contribution < -0.4 is 15.4 Å². The third-order valence-corrected chi connectivity index (χ3v) is 3.23. The molecular weight excluding hydrogens is 300 g/mol. The van der Waals surface area contributed by atoms with E-state index in [2.05, 4.69) is 15.4 Å². The highest BCUT2D eigenvalue weighted by atomic mass is 35.5. The van der Waals surface area contributed by atoms with E-state index in [0.29, 0.717) is 16.5 Å². The van der Waals surface area contributed by atoms with Crippen molar-refractivity contribution >= 4 is 35.1 Å². The molecule has 0 unspecified atom stereocenters. The lowest BCUT2D eigenvalue weighted by atomic mass is 10.0. The van der Waals surface area contributed by atoms with Crippen molar-refractivity contribution in [3.8, 4) is 5.75 Å². The van der Waals surface area contributed by atoms with Gasteiger partial charge in [0.05, 0.1) is 12.8 Å². The topological polar surface area (TPSA) is 93.7 Å². The number of esters is 1. The Morgan fingerprint density at radius 1 is 1.48 bits per heavy atom. The molecule has 1 aliphatic rings. The number of methoxy groups -OCH3 is 1. The molecule has 0 spiro atoms. The molecule has 2 rings (SSSR count). The van der Waals surface area contributed by atoms with Gasteiger partial charge in [0, 0.05) is 5.02 Å². The van der Waals surface area contributed by atoms with Crippen LogP contribution in [0.1, 0.15) is 6.92 Å². The molecule has 0 saturated heterocycles. The van der Waals surface area contributed by atoms with E-state index in [1.54, 1.807) is 12.1 Å². The molecule has 7 nitrogen and oxygen atoms in total. The zero-order chi connectivity index (χ0) is 15.6. The zero-order valence-electron chi connectivity index (χ0n) is 11.4. The Hall–Kier alpha value is -2.28. The van der Waals surface area contributed by atoms with E-state index in [0.717, 1.165) is 0 Å². The van der Waals surface area contributed by atoms with E-state index in [1.165, 1.54) is 20.1 Å². The van der Waals surface area contributed by atoms with Crippen LogP contribution in [0.25, 0.3) is 0 Å². The van der Waals surface area contributed by atoms with E-state index < -0.39 is 23.4 Å². The Morgan fingerprint density at radius 2 is 2.19 bits per heavy atom. The van der Waals surface area contributed by atoms with Gasteiger partial charge >= 0.3 is 5.97 Å². The first kappa shape index (κ1) is 15.1. The van der Waals surface area contributed by atoms with Gasteiger partial charge in [-0.1, -0.05) is 11.6 Å². The van der Waals surface area contributed by atoms with E-state index in [-0.39, 0.29) is 6.54 Å². The lowest BCUT2D eigenvalue weighted by molar-refractivity contribution is -0.149. The summed E-state index contributed by atoms with van der Waals surface area (Å²) in [7, 11) is 1.19. The predicted molar refractivity (Wildman–Crippen MR) is 74.1 cm³/mol. The monoisotopic (exact) mass is 312 g/mol. The largest absolute Gasteiger partial charge is 0.468 e. The van der Waals surface area contributed by atoms with Crippen LogP contribution in [0, 0.1) is 0 Å². The summed E-state index contributed by atoms with van der Waals surface area (Å²) in [6, 6.07) is 4.63. The molecule has 1 heterocycles. The van der Waals surface area contributed by atoms with Crippen LogP contribution in [0.5, 0.6) is 5.75 Å². The standard InChI is InChI=1S/C13H13ClN2O5/c1-13(11(18)15-6-10(17)20-2)12(19)16-8-5-7(14)3-4-9(8)21-13/h3-5H,6H2,1-2H3,(H,15,18)(H,16,19)/t13-/m0/s1. The summed E-state index contributed by atoms with van der Waals surface area (Å²) < 4.78 is 9.89. The van der Waals surface area contributed by atoms with Crippen molar-refractivity contribution in [3.05, 3.63) is 23.2 Å². The fourth-order valence-electron chi connectivity index (χ4n) is 1.74. The fourth-order valence-corrected chi connectivity index (χ4v) is 1.91. The molecule has 0 fully saturated rings. The number of ether oxygens (including phenoxy) is 2. The predicted octanol–water partition coefficient (Wildman–Crippen LogP) is 0.719. The Morgan fingerprint density at radius 3 is 2.86 bits per heavy atom. The number of fused-ring (bicyclic) bond motifs is 1. The molecule has 1 aromatic carbocycles. The number of carbonyl (C=O) groups excluding carboxylic acids is 3. The van der Waals surface area contributed by atoms with Gasteiger partial charge in [0.25, 0.3) is 17.4 Å². The number of halogens is 1. The van der Waals surface area contributed by atoms with Gasteiger partial charge < -0.3 is 20.1 Å². The third-order valence-electron chi connectivity index (χ3n) is 2.99. The maximum atomic E-state index is 12.1. The van der Waals surface area contributed by atoms with Crippen LogP contribution in [0.4, 0.5) is 5.69 Å². The van der Waals surface area contributed by atoms with Crippen molar-refractivity contribution in [2.24, 2.45) is 0 Å². The first-order valence-corrected chi connectivity index (χ1v) is 6.40. The normalized spacial score (nSPS) is 19.9. The lowest BCUT2D eigenvalue weighted by Gasteiger charge is -2.33. The first-order chi connectivity index (χ1) is 9.86. The maximum absolute atomic E-state index is 12.1. The molecule has 0 radical (unpaired) electrons. The van der Waals surface area contributed by atoms with E-state index in [1.807, 2.05) is 0 Å². The van der Waals surface area contributed by atoms with Crippen molar-refractivity contribution in [1.82, 2.24) is 5.32 Å². The highest BCUT2D eigenvalue weighted by molar-refractivity contribution is 6.31. The van der Waals surface area contributed by atoms with E-state index in [9.17, 15) is 14.4 Å². The molecule has 8 heteroatoms. The molecule has 1 aliphatic heterocycles. The zero-order valence-corrected chi connectivity index (χ0v) is 12.1. The second-order valence-corrected chi connectivity index (χ2v) is 4.93. The van der Waals surface area contributed by atoms with E-state index in [4.69, 9.17) is 16.3 Å². The quantitative estimate of drug-likeness (QED) is 0.633. The second kappa shape index (κ2) is 5.61. The number of rotatable bonds is 3. The lowest BCUT2D eigenvalue weighted by Crippen LogP contribution is -2.59. The van der Waals surface area contributed by atoms with Crippen LogP contribution in [0.15, 0.2) is 18.2 Å². The summed E-state index contributed by atoms with van der Waals surface area (Å²) in [4.78, 5) is 35.2. The minimum Gasteiger partial charge on any atom is -0.468 e. The summed E-state index contributed by atoms with van der Waals surface area (Å²) in [6.45, 7) is 0.960. The average Bonchev–Trinajstić information content (AvgIpc) is 2.45. The van der Waals surface area contributed by atoms with Gasteiger partial charge in [-0.3, -0.25) is 14.4 Å². The highest BCUT2D eigenvalue weighted by Gasteiger charge is 2.47. The number of nitrogens with one attached hydrogen (secondary N) is 2. The number of amides is 2. The highest BCUT2D eigenvalue weighted by Crippen LogP contribution is 2.35. The molecule has 1 atom stereocenters. The number of carbonyl (C=O) groups is 3. The summed E-state index contributed by atoms with van der Waals surface area (Å²) in [5, 5.41) is 5.27. The maximum Gasteiger partial charge on any atom is 0.325 e. The Balaban J connectivity index is 2.19. The molecule has 0 saturated carbocycles. The summed E-state index contributed by atoms with van der Waals surface area (Å²) in [5.41, 5.74) is -1.40. The summed E-state index contributed by atoms with van der Waals surface area (Å²) in [6.07, 6.45) is 0. The molecule has 0 aromatic heterocycles. The molecule has 1 aromatic rings. The van der Waals surface area contributed by atoms with Crippen LogP contribution in [0.2, 0.25) is 5.02 Å². The second-order valence-electron chi connectivity index (χ2n) is 4.49. The third kappa shape index (κ3) is 2.92. The summed E-state index contributed by atoms with van der Waals surface area (Å²) >= 11 is 5.82. The molecule has 2 amide bonds. The summed E-state index contributed by atoms with van der Waals surface area (Å²) in [5.74, 6) is -1.71. The molecular formula is C13H13ClN2O5. The minimum atomic E-state index is -1.78. The van der Waals surface area contributed by atoms with Crippen molar-refractivity contribution in [2.75, 3.05) is 19.0 Å². The molecule has 2 N–H and O–H groups in total. The SMILES string of the molecule is COC(=O)CNC(=O)[C@]1(C)Oc2ccc(Cl)cc2NC1=O. The van der Waals surface area contributed by atoms with Crippen LogP contribution in [0.3, 0.4) is 0 Å². The van der Waals surface area contributed by atoms with Crippen molar-refractivity contribution < 1.29 is 23.9 Å². The first-order valence-electron chi connectivity index (χ1n) is 6.02. The van der Waals surface area contributed by atoms with Gasteiger partial charge in [0.2, 0.25) is 0 Å². The van der Waals surface area contributed by atoms with E-state index >= 15 is 0 Å². The molecule has 112 valence electrons. The van der Waals surface area contributed by atoms with Gasteiger partial charge in [0.15, 0.2) is 0 Å². The number of hydrogen-bond acceptors (Lipinski definition) is 5. The van der Waals surface area contributed by atoms with Gasteiger partial charge in [-0.05, 0) is 25.1 Å². The molecule has 0 bridgehead atoms. The van der Waals surface area contributed by atoms with Gasteiger partial charge in [-0.2, -0.15) is 0 Å². The van der Waals surface area contributed by atoms with Crippen molar-refractivity contribution in [1.29, 1.82) is 0 Å². The number of benzene rings is 1. The Bertz CT molecular complexity index is 619. The number of anilines is 1. The van der Waals surface area contributed by atoms with Crippen LogP contribution in [-0.2, 0) is 19.1 Å². The van der Waals surface area contributed by atoms with Crippen molar-refractivity contribution in [2.45, 2.75) is 12.5 Å². The van der Waals surface area contributed by atoms with Gasteiger partial charge in [-0.15, -0.1) is 0 Å². The minimum absolute atomic E-state index is 0.315. The number of hydrogen-bond donors (Lipinski definition) is 2. The van der Waals surface area contributed by atoms with Crippen LogP contribution in [-0.4, -0.2) is 37.0 Å². The van der Waals surface area contributed by atoms with Gasteiger partial charge in [0.1, 0.15) is 12.3 Å². The Kier molecular flexibility index (Phi) is 4.04. The fraction of sp³-hybridized carbons (Fsp3) is 0.308. The Labute approximate surface area is 125 Å².